The van der Waals surface area contributed by atoms with Gasteiger partial charge in [0.05, 0.1) is 33.9 Å². The molecule has 0 aliphatic carbocycles. The minimum atomic E-state index is -0.971. The number of ether oxygens (including phenoxy) is 2. The van der Waals surface area contributed by atoms with Crippen LogP contribution in [0.15, 0.2) is 48.5 Å². The summed E-state index contributed by atoms with van der Waals surface area (Å²) < 4.78 is 10.2. The third-order valence-electron chi connectivity index (χ3n) is 8.07. The number of methoxy groups -OCH3 is 2. The lowest BCUT2D eigenvalue weighted by Crippen LogP contribution is -2.86. The van der Waals surface area contributed by atoms with Crippen molar-refractivity contribution in [2.45, 2.75) is 31.3 Å². The van der Waals surface area contributed by atoms with Crippen LogP contribution >= 0.6 is 0 Å². The number of nitrogens with zero attached hydrogens (tertiary/aromatic N) is 3. The van der Waals surface area contributed by atoms with E-state index in [1.165, 1.54) is 7.11 Å². The summed E-state index contributed by atoms with van der Waals surface area (Å²) in [5.74, 6) is -0.854. The molecule has 0 spiro atoms. The lowest BCUT2D eigenvalue weighted by molar-refractivity contribution is -0.664. The Morgan fingerprint density at radius 3 is 2.24 bits per heavy atom. The van der Waals surface area contributed by atoms with E-state index in [9.17, 15) is 19.2 Å². The topological polar surface area (TPSA) is 125 Å². The van der Waals surface area contributed by atoms with Gasteiger partial charge in [0.15, 0.2) is 0 Å². The molecular weight excluding hydrogens is 538 g/mol. The van der Waals surface area contributed by atoms with Crippen molar-refractivity contribution >= 4 is 29.4 Å². The van der Waals surface area contributed by atoms with Crippen molar-refractivity contribution in [3.05, 3.63) is 59.7 Å². The molecule has 226 valence electrons. The molecule has 0 bridgehead atoms. The van der Waals surface area contributed by atoms with Crippen LogP contribution in [-0.2, 0) is 25.5 Å². The number of benzene rings is 2. The molecule has 2 fully saturated rings. The number of piperidine rings is 1. The maximum Gasteiger partial charge on any atom is 0.328 e. The summed E-state index contributed by atoms with van der Waals surface area (Å²) >= 11 is 0. The predicted octanol–water partition coefficient (Wildman–Crippen LogP) is 0.288. The summed E-state index contributed by atoms with van der Waals surface area (Å²) in [6.45, 7) is 2.30. The molecule has 3 N–H and O–H groups in total. The standard InChI is InChI=1S/C31H41N5O6/c1-34(2)24-9-7-22(8-10-24)29(38)35-17-18-36(30(39)23-13-15-32-16-14-23)27(20-35)28(37)33-26(31(40)42-4)19-21-5-11-25(41-3)12-6-21/h5-12,23,26-27,32H,13-20H2,1-4H3,(H,33,37)/p+1/t26-,27+/m0/s1. The van der Waals surface area contributed by atoms with Crippen molar-refractivity contribution in [3.8, 4) is 5.75 Å². The molecule has 4 rings (SSSR count). The van der Waals surface area contributed by atoms with Gasteiger partial charge in [0, 0.05) is 63.6 Å². The minimum Gasteiger partial charge on any atom is -0.497 e. The van der Waals surface area contributed by atoms with Gasteiger partial charge in [-0.3, -0.25) is 14.4 Å². The van der Waals surface area contributed by atoms with Crippen molar-refractivity contribution in [2.24, 2.45) is 5.92 Å². The van der Waals surface area contributed by atoms with Crippen molar-refractivity contribution in [1.82, 2.24) is 15.1 Å². The second-order valence-corrected chi connectivity index (χ2v) is 11.0. The number of nitrogens with one attached hydrogen (secondary N) is 1. The summed E-state index contributed by atoms with van der Waals surface area (Å²) in [6, 6.07) is 12.6. The maximum absolute atomic E-state index is 13.9. The molecule has 2 aliphatic heterocycles. The first-order chi connectivity index (χ1) is 20.2. The molecule has 2 aromatic rings. The highest BCUT2D eigenvalue weighted by Crippen LogP contribution is 2.22. The van der Waals surface area contributed by atoms with Gasteiger partial charge in [0.2, 0.25) is 11.8 Å². The number of nitrogens with two attached hydrogens (primary N) is 1. The fourth-order valence-electron chi connectivity index (χ4n) is 5.55. The summed E-state index contributed by atoms with van der Waals surface area (Å²) in [5.41, 5.74) is 2.28. The van der Waals surface area contributed by atoms with Crippen LogP contribution in [0.2, 0.25) is 0 Å². The molecule has 2 aromatic carbocycles. The van der Waals surface area contributed by atoms with E-state index in [1.807, 2.05) is 43.3 Å². The lowest BCUT2D eigenvalue weighted by Gasteiger charge is -2.42. The molecule has 0 saturated carbocycles. The SMILES string of the molecule is COC(=O)[C@H](Cc1ccc(OC)cc1)NC(=O)[C@H]1CN(C(=O)c2ccc(N(C)C)cc2)CCN1C(=O)C1CC[NH2+]CC1. The molecule has 11 nitrogen and oxygen atoms in total. The van der Waals surface area contributed by atoms with Gasteiger partial charge < -0.3 is 34.8 Å². The molecular formula is C31H42N5O6+. The van der Waals surface area contributed by atoms with E-state index in [-0.39, 0.29) is 37.2 Å². The Kier molecular flexibility index (Phi) is 10.4. The van der Waals surface area contributed by atoms with Crippen LogP contribution in [0.3, 0.4) is 0 Å². The molecule has 2 atom stereocenters. The Hall–Kier alpha value is -4.12. The number of rotatable bonds is 9. The number of anilines is 1. The second kappa shape index (κ2) is 14.2. The summed E-state index contributed by atoms with van der Waals surface area (Å²) in [4.78, 5) is 58.9. The second-order valence-electron chi connectivity index (χ2n) is 11.0. The Morgan fingerprint density at radius 2 is 1.64 bits per heavy atom. The number of hydrogen-bond acceptors (Lipinski definition) is 7. The number of hydrogen-bond donors (Lipinski definition) is 2. The van der Waals surface area contributed by atoms with E-state index in [0.29, 0.717) is 17.9 Å². The van der Waals surface area contributed by atoms with Gasteiger partial charge in [0.25, 0.3) is 5.91 Å². The van der Waals surface area contributed by atoms with Crippen molar-refractivity contribution < 1.29 is 34.0 Å². The number of piperazine rings is 1. The number of carbonyl (C=O) groups is 4. The third kappa shape index (κ3) is 7.39. The molecule has 3 amide bonds. The Labute approximate surface area is 247 Å². The van der Waals surface area contributed by atoms with Crippen LogP contribution in [-0.4, -0.2) is 107 Å². The molecule has 0 radical (unpaired) electrons. The summed E-state index contributed by atoms with van der Waals surface area (Å²) in [6.07, 6.45) is 1.68. The highest BCUT2D eigenvalue weighted by atomic mass is 16.5. The van der Waals surface area contributed by atoms with Crippen molar-refractivity contribution in [1.29, 1.82) is 0 Å². The van der Waals surface area contributed by atoms with E-state index in [4.69, 9.17) is 9.47 Å². The fraction of sp³-hybridized carbons (Fsp3) is 0.484. The van der Waals surface area contributed by atoms with Crippen LogP contribution in [0.1, 0.15) is 28.8 Å². The average Bonchev–Trinajstić information content (AvgIpc) is 3.03. The molecule has 0 aromatic heterocycles. The van der Waals surface area contributed by atoms with E-state index < -0.39 is 24.0 Å². The zero-order valence-electron chi connectivity index (χ0n) is 24.9. The largest absolute Gasteiger partial charge is 0.497 e. The summed E-state index contributed by atoms with van der Waals surface area (Å²) in [7, 11) is 6.70. The molecule has 11 heteroatoms. The first kappa shape index (κ1) is 30.8. The van der Waals surface area contributed by atoms with E-state index in [2.05, 4.69) is 10.6 Å². The van der Waals surface area contributed by atoms with Crippen molar-refractivity contribution in [2.75, 3.05) is 65.9 Å². The lowest BCUT2D eigenvalue weighted by atomic mass is 9.95. The normalized spacial score (nSPS) is 18.1. The molecule has 2 heterocycles. The Balaban J connectivity index is 1.55. The van der Waals surface area contributed by atoms with Crippen LogP contribution < -0.4 is 20.3 Å². The van der Waals surface area contributed by atoms with Crippen LogP contribution in [0.4, 0.5) is 5.69 Å². The smallest absolute Gasteiger partial charge is 0.328 e. The number of amides is 3. The molecule has 0 unspecified atom stereocenters. The van der Waals surface area contributed by atoms with Gasteiger partial charge in [-0.05, 0) is 42.0 Å². The average molecular weight is 581 g/mol. The highest BCUT2D eigenvalue weighted by molar-refractivity contribution is 5.96. The van der Waals surface area contributed by atoms with Gasteiger partial charge in [-0.15, -0.1) is 0 Å². The predicted molar refractivity (Wildman–Crippen MR) is 157 cm³/mol. The van der Waals surface area contributed by atoms with Crippen LogP contribution in [0.25, 0.3) is 0 Å². The van der Waals surface area contributed by atoms with Gasteiger partial charge in [-0.2, -0.15) is 0 Å². The zero-order chi connectivity index (χ0) is 30.2. The van der Waals surface area contributed by atoms with Gasteiger partial charge >= 0.3 is 5.97 Å². The first-order valence-corrected chi connectivity index (χ1v) is 14.4. The molecule has 2 saturated heterocycles. The van der Waals surface area contributed by atoms with E-state index in [0.717, 1.165) is 37.2 Å². The number of carbonyl (C=O) groups excluding carboxylic acids is 4. The van der Waals surface area contributed by atoms with Crippen LogP contribution in [0, 0.1) is 5.92 Å². The summed E-state index contributed by atoms with van der Waals surface area (Å²) in [5, 5.41) is 5.02. The highest BCUT2D eigenvalue weighted by Gasteiger charge is 2.41. The molecule has 2 aliphatic rings. The Morgan fingerprint density at radius 1 is 0.976 bits per heavy atom. The monoisotopic (exact) mass is 580 g/mol. The quantitative estimate of drug-likeness (QED) is 0.409. The Bertz CT molecular complexity index is 1240. The van der Waals surface area contributed by atoms with Gasteiger partial charge in [0.1, 0.15) is 17.8 Å². The van der Waals surface area contributed by atoms with E-state index in [1.54, 1.807) is 41.2 Å². The van der Waals surface area contributed by atoms with Crippen molar-refractivity contribution in [3.63, 3.8) is 0 Å². The van der Waals surface area contributed by atoms with Crippen LogP contribution in [0.5, 0.6) is 5.75 Å². The van der Waals surface area contributed by atoms with Gasteiger partial charge in [-0.25, -0.2) is 4.79 Å². The first-order valence-electron chi connectivity index (χ1n) is 14.4. The number of quaternary nitrogens is 1. The molecule has 42 heavy (non-hydrogen) atoms. The number of esters is 1. The zero-order valence-corrected chi connectivity index (χ0v) is 24.9. The third-order valence-corrected chi connectivity index (χ3v) is 8.07. The maximum atomic E-state index is 13.9. The van der Waals surface area contributed by atoms with E-state index >= 15 is 0 Å². The fourth-order valence-corrected chi connectivity index (χ4v) is 5.55. The van der Waals surface area contributed by atoms with Gasteiger partial charge in [-0.1, -0.05) is 12.1 Å². The minimum absolute atomic E-state index is 0.0289.